The van der Waals surface area contributed by atoms with Gasteiger partial charge in [0.1, 0.15) is 5.75 Å². The number of rotatable bonds is 6. The minimum atomic E-state index is 0.158. The average Bonchev–Trinajstić information content (AvgIpc) is 2.91. The molecule has 190 valence electrons. The maximum Gasteiger partial charge on any atom is 0.161 e. The predicted molar refractivity (Wildman–Crippen MR) is 157 cm³/mol. The highest BCUT2D eigenvalue weighted by molar-refractivity contribution is 5.71. The Morgan fingerprint density at radius 1 is 0.486 bits per heavy atom. The normalized spacial score (nSPS) is 10.9. The first-order valence-corrected chi connectivity index (χ1v) is 12.3. The van der Waals surface area contributed by atoms with E-state index in [1.165, 1.54) is 33.4 Å². The molecule has 0 bridgehead atoms. The smallest absolute Gasteiger partial charge is 0.161 e. The van der Waals surface area contributed by atoms with Crippen molar-refractivity contribution in [2.75, 3.05) is 14.2 Å². The Kier molecular flexibility index (Phi) is 9.74. The maximum absolute atomic E-state index is 9.54. The van der Waals surface area contributed by atoms with Gasteiger partial charge < -0.3 is 14.6 Å². The van der Waals surface area contributed by atoms with Crippen LogP contribution in [0.15, 0.2) is 78.9 Å². The second-order valence-electron chi connectivity index (χ2n) is 9.06. The molecule has 0 aromatic heterocycles. The molecule has 0 radical (unpaired) electrons. The lowest BCUT2D eigenvalue weighted by Gasteiger charge is -2.04. The van der Waals surface area contributed by atoms with Gasteiger partial charge in [-0.2, -0.15) is 0 Å². The Balaban J connectivity index is 0.000000206. The predicted octanol–water partition coefficient (Wildman–Crippen LogP) is 8.67. The summed E-state index contributed by atoms with van der Waals surface area (Å²) in [6, 6.07) is 26.2. The number of aryl methyl sites for hydroxylation is 4. The third kappa shape index (κ3) is 8.15. The summed E-state index contributed by atoms with van der Waals surface area (Å²) in [5.74, 6) is 1.53. The molecule has 37 heavy (non-hydrogen) atoms. The average molecular weight is 493 g/mol. The zero-order chi connectivity index (χ0) is 26.8. The van der Waals surface area contributed by atoms with Crippen molar-refractivity contribution in [3.05, 3.63) is 123 Å². The van der Waals surface area contributed by atoms with E-state index in [2.05, 4.69) is 94.5 Å². The third-order valence-electron chi connectivity index (χ3n) is 6.32. The molecule has 0 amide bonds. The molecule has 0 aliphatic rings. The van der Waals surface area contributed by atoms with Crippen LogP contribution in [0.4, 0.5) is 0 Å². The van der Waals surface area contributed by atoms with Gasteiger partial charge in [-0.1, -0.05) is 78.9 Å². The molecular weight excluding hydrogens is 456 g/mol. The Morgan fingerprint density at radius 2 is 0.919 bits per heavy atom. The first-order valence-electron chi connectivity index (χ1n) is 12.3. The zero-order valence-electron chi connectivity index (χ0n) is 22.6. The number of hydrogen-bond donors (Lipinski definition) is 1. The van der Waals surface area contributed by atoms with Crippen LogP contribution in [-0.4, -0.2) is 19.3 Å². The number of ether oxygens (including phenoxy) is 2. The van der Waals surface area contributed by atoms with Gasteiger partial charge in [0.15, 0.2) is 11.5 Å². The van der Waals surface area contributed by atoms with Gasteiger partial charge >= 0.3 is 0 Å². The van der Waals surface area contributed by atoms with Crippen LogP contribution in [0.3, 0.4) is 0 Å². The van der Waals surface area contributed by atoms with Crippen LogP contribution >= 0.6 is 0 Å². The highest BCUT2D eigenvalue weighted by atomic mass is 16.5. The zero-order valence-corrected chi connectivity index (χ0v) is 22.6. The topological polar surface area (TPSA) is 38.7 Å². The fourth-order valence-electron chi connectivity index (χ4n) is 3.63. The van der Waals surface area contributed by atoms with Crippen molar-refractivity contribution in [2.24, 2.45) is 0 Å². The van der Waals surface area contributed by atoms with Gasteiger partial charge in [-0.05, 0) is 96.5 Å². The molecule has 0 heterocycles. The second kappa shape index (κ2) is 13.2. The standard InChI is InChI=1S/C17H18O2.C17H18O/c1-12-4-5-14(10-13(12)2)6-7-15-8-9-16(18)17(11-15)19-3;1-13-4-5-16(12-14(13)2)7-6-15-8-10-17(18-3)11-9-15/h4-11,18H,1-3H3;4-12H,1-3H3/b2*7-6+. The Morgan fingerprint density at radius 3 is 1.38 bits per heavy atom. The molecule has 0 saturated heterocycles. The summed E-state index contributed by atoms with van der Waals surface area (Å²) in [5.41, 5.74) is 9.79. The number of aromatic hydroxyl groups is 1. The minimum absolute atomic E-state index is 0.158. The quantitative estimate of drug-likeness (QED) is 0.274. The van der Waals surface area contributed by atoms with Crippen molar-refractivity contribution < 1.29 is 14.6 Å². The van der Waals surface area contributed by atoms with Crippen molar-refractivity contribution in [2.45, 2.75) is 27.7 Å². The summed E-state index contributed by atoms with van der Waals surface area (Å²) in [6.45, 7) is 8.48. The Labute approximate surface area is 221 Å². The molecule has 3 heteroatoms. The van der Waals surface area contributed by atoms with Gasteiger partial charge in [0.05, 0.1) is 14.2 Å². The van der Waals surface area contributed by atoms with Crippen LogP contribution in [0.1, 0.15) is 44.5 Å². The SMILES string of the molecule is COc1cc(/C=C/c2ccc(C)c(C)c2)ccc1O.COc1ccc(/C=C/c2ccc(C)c(C)c2)cc1. The highest BCUT2D eigenvalue weighted by Crippen LogP contribution is 2.27. The summed E-state index contributed by atoms with van der Waals surface area (Å²) in [7, 11) is 3.23. The van der Waals surface area contributed by atoms with Crippen LogP contribution in [0, 0.1) is 27.7 Å². The molecule has 0 unspecified atom stereocenters. The molecule has 4 aromatic rings. The number of phenolic OH excluding ortho intramolecular Hbond substituents is 1. The number of phenols is 1. The lowest BCUT2D eigenvalue weighted by molar-refractivity contribution is 0.373. The van der Waals surface area contributed by atoms with Crippen molar-refractivity contribution >= 4 is 24.3 Å². The number of benzene rings is 4. The number of methoxy groups -OCH3 is 2. The summed E-state index contributed by atoms with van der Waals surface area (Å²) in [5, 5.41) is 9.54. The van der Waals surface area contributed by atoms with E-state index in [0.29, 0.717) is 5.75 Å². The van der Waals surface area contributed by atoms with Crippen LogP contribution in [0.5, 0.6) is 17.2 Å². The lowest BCUT2D eigenvalue weighted by atomic mass is 10.1. The van der Waals surface area contributed by atoms with Crippen molar-refractivity contribution in [3.8, 4) is 17.2 Å². The summed E-state index contributed by atoms with van der Waals surface area (Å²) >= 11 is 0. The van der Waals surface area contributed by atoms with Gasteiger partial charge in [-0.25, -0.2) is 0 Å². The van der Waals surface area contributed by atoms with Gasteiger partial charge in [0, 0.05) is 0 Å². The molecule has 4 rings (SSSR count). The molecule has 3 nitrogen and oxygen atoms in total. The van der Waals surface area contributed by atoms with Gasteiger partial charge in [0.25, 0.3) is 0 Å². The van der Waals surface area contributed by atoms with Crippen LogP contribution in [0.25, 0.3) is 24.3 Å². The van der Waals surface area contributed by atoms with Crippen LogP contribution < -0.4 is 9.47 Å². The van der Waals surface area contributed by atoms with Gasteiger partial charge in [-0.3, -0.25) is 0 Å². The van der Waals surface area contributed by atoms with Crippen LogP contribution in [-0.2, 0) is 0 Å². The van der Waals surface area contributed by atoms with Crippen molar-refractivity contribution in [3.63, 3.8) is 0 Å². The molecule has 1 N–H and O–H groups in total. The first kappa shape index (κ1) is 27.3. The molecule has 0 aliphatic carbocycles. The monoisotopic (exact) mass is 492 g/mol. The first-order chi connectivity index (χ1) is 17.8. The van der Waals surface area contributed by atoms with Crippen molar-refractivity contribution in [1.29, 1.82) is 0 Å². The number of hydrogen-bond acceptors (Lipinski definition) is 3. The molecule has 0 spiro atoms. The summed E-state index contributed by atoms with van der Waals surface area (Å²) < 4.78 is 10.2. The second-order valence-corrected chi connectivity index (χ2v) is 9.06. The van der Waals surface area contributed by atoms with Gasteiger partial charge in [0.2, 0.25) is 0 Å². The molecule has 0 atom stereocenters. The molecule has 0 aliphatic heterocycles. The van der Waals surface area contributed by atoms with E-state index >= 15 is 0 Å². The molecular formula is C34H36O3. The fourth-order valence-corrected chi connectivity index (χ4v) is 3.63. The van der Waals surface area contributed by atoms with E-state index in [1.54, 1.807) is 20.3 Å². The van der Waals surface area contributed by atoms with Crippen LogP contribution in [0.2, 0.25) is 0 Å². The van der Waals surface area contributed by atoms with E-state index in [0.717, 1.165) is 16.9 Å². The Bertz CT molecular complexity index is 1380. The molecule has 0 fully saturated rings. The van der Waals surface area contributed by atoms with E-state index in [1.807, 2.05) is 30.3 Å². The Hall–Kier alpha value is -4.24. The summed E-state index contributed by atoms with van der Waals surface area (Å²) in [4.78, 5) is 0. The molecule has 0 saturated carbocycles. The minimum Gasteiger partial charge on any atom is -0.504 e. The lowest BCUT2D eigenvalue weighted by Crippen LogP contribution is -1.84. The third-order valence-corrected chi connectivity index (χ3v) is 6.32. The van der Waals surface area contributed by atoms with E-state index in [-0.39, 0.29) is 5.75 Å². The van der Waals surface area contributed by atoms with E-state index in [4.69, 9.17) is 9.47 Å². The van der Waals surface area contributed by atoms with E-state index < -0.39 is 0 Å². The highest BCUT2D eigenvalue weighted by Gasteiger charge is 2.00. The summed E-state index contributed by atoms with van der Waals surface area (Å²) in [6.07, 6.45) is 8.31. The van der Waals surface area contributed by atoms with E-state index in [9.17, 15) is 5.11 Å². The molecule has 4 aromatic carbocycles. The largest absolute Gasteiger partial charge is 0.504 e. The fraction of sp³-hybridized carbons (Fsp3) is 0.176. The maximum atomic E-state index is 9.54. The van der Waals surface area contributed by atoms with Gasteiger partial charge in [-0.15, -0.1) is 0 Å². The van der Waals surface area contributed by atoms with Crippen molar-refractivity contribution in [1.82, 2.24) is 0 Å².